The maximum Gasteiger partial charge on any atom is 0.153 e. The molecule has 1 aliphatic rings. The number of hydrogen-bond donors (Lipinski definition) is 0. The van der Waals surface area contributed by atoms with Gasteiger partial charge in [0.05, 0.1) is 11.3 Å². The van der Waals surface area contributed by atoms with E-state index in [2.05, 4.69) is 16.8 Å². The molecule has 0 spiro atoms. The fourth-order valence-electron chi connectivity index (χ4n) is 2.03. The number of aldehydes is 1. The quantitative estimate of drug-likeness (QED) is 0.692. The Morgan fingerprint density at radius 1 is 1.47 bits per heavy atom. The molecular formula is C12H16N2O. The Balaban J connectivity index is 2.18. The molecule has 0 aromatic carbocycles. The second-order valence-corrected chi connectivity index (χ2v) is 4.22. The highest BCUT2D eigenvalue weighted by Gasteiger charge is 2.17. The van der Waals surface area contributed by atoms with Crippen molar-refractivity contribution in [2.75, 3.05) is 18.0 Å². The third-order valence-corrected chi connectivity index (χ3v) is 3.08. The van der Waals surface area contributed by atoms with Gasteiger partial charge in [0.25, 0.3) is 0 Å². The van der Waals surface area contributed by atoms with Gasteiger partial charge in [-0.1, -0.05) is 6.92 Å². The van der Waals surface area contributed by atoms with E-state index < -0.39 is 0 Å². The van der Waals surface area contributed by atoms with E-state index >= 15 is 0 Å². The summed E-state index contributed by atoms with van der Waals surface area (Å²) in [4.78, 5) is 17.1. The minimum absolute atomic E-state index is 0.701. The molecule has 0 unspecified atom stereocenters. The first-order valence-corrected chi connectivity index (χ1v) is 5.45. The number of piperidine rings is 1. The number of pyridine rings is 1. The van der Waals surface area contributed by atoms with E-state index in [-0.39, 0.29) is 0 Å². The van der Waals surface area contributed by atoms with Crippen LogP contribution in [0.1, 0.15) is 30.1 Å². The average Bonchev–Trinajstić information content (AvgIpc) is 2.30. The summed E-state index contributed by atoms with van der Waals surface area (Å²) in [7, 11) is 0. The van der Waals surface area contributed by atoms with Crippen molar-refractivity contribution >= 4 is 12.0 Å². The Labute approximate surface area is 90.1 Å². The lowest BCUT2D eigenvalue weighted by Crippen LogP contribution is -2.33. The Hall–Kier alpha value is -1.38. The van der Waals surface area contributed by atoms with Crippen LogP contribution in [0.3, 0.4) is 0 Å². The zero-order chi connectivity index (χ0) is 10.7. The molecule has 15 heavy (non-hydrogen) atoms. The highest BCUT2D eigenvalue weighted by molar-refractivity contribution is 5.83. The number of nitrogens with zero attached hydrogens (tertiary/aromatic N) is 2. The molecule has 3 heteroatoms. The van der Waals surface area contributed by atoms with E-state index in [1.807, 2.05) is 6.07 Å². The lowest BCUT2D eigenvalue weighted by molar-refractivity contribution is 0.112. The maximum absolute atomic E-state index is 10.9. The summed E-state index contributed by atoms with van der Waals surface area (Å²) in [6.45, 7) is 4.38. The molecule has 1 aromatic rings. The minimum Gasteiger partial charge on any atom is -0.371 e. The summed E-state index contributed by atoms with van der Waals surface area (Å²) < 4.78 is 0. The Kier molecular flexibility index (Phi) is 2.99. The van der Waals surface area contributed by atoms with Gasteiger partial charge >= 0.3 is 0 Å². The smallest absolute Gasteiger partial charge is 0.153 e. The molecule has 3 nitrogen and oxygen atoms in total. The molecule has 0 bridgehead atoms. The van der Waals surface area contributed by atoms with Crippen molar-refractivity contribution in [2.24, 2.45) is 5.92 Å². The van der Waals surface area contributed by atoms with Gasteiger partial charge in [-0.05, 0) is 24.8 Å². The van der Waals surface area contributed by atoms with Crippen LogP contribution in [0, 0.1) is 5.92 Å². The molecule has 80 valence electrons. The van der Waals surface area contributed by atoms with Crippen LogP contribution < -0.4 is 4.90 Å². The van der Waals surface area contributed by atoms with Gasteiger partial charge in [-0.2, -0.15) is 0 Å². The van der Waals surface area contributed by atoms with Crippen LogP contribution in [-0.2, 0) is 0 Å². The molecule has 0 amide bonds. The summed E-state index contributed by atoms with van der Waals surface area (Å²) in [6.07, 6.45) is 6.70. The van der Waals surface area contributed by atoms with Gasteiger partial charge in [-0.3, -0.25) is 9.78 Å². The topological polar surface area (TPSA) is 33.2 Å². The molecule has 1 fully saturated rings. The predicted molar refractivity (Wildman–Crippen MR) is 60.2 cm³/mol. The average molecular weight is 204 g/mol. The Morgan fingerprint density at radius 2 is 2.20 bits per heavy atom. The molecule has 1 saturated heterocycles. The summed E-state index contributed by atoms with van der Waals surface area (Å²) >= 11 is 0. The summed E-state index contributed by atoms with van der Waals surface area (Å²) in [6, 6.07) is 1.93. The van der Waals surface area contributed by atoms with Gasteiger partial charge in [0.2, 0.25) is 0 Å². The largest absolute Gasteiger partial charge is 0.371 e. The van der Waals surface area contributed by atoms with E-state index in [0.29, 0.717) is 5.56 Å². The van der Waals surface area contributed by atoms with Gasteiger partial charge in [0.1, 0.15) is 0 Å². The number of anilines is 1. The van der Waals surface area contributed by atoms with Crippen molar-refractivity contribution in [3.8, 4) is 0 Å². The standard InChI is InChI=1S/C12H16N2O/c1-10-3-6-14(7-4-10)12-2-5-13-8-11(12)9-15/h2,5,8-10H,3-4,6-7H2,1H3. The van der Waals surface area contributed by atoms with Crippen LogP contribution in [0.4, 0.5) is 5.69 Å². The number of aromatic nitrogens is 1. The van der Waals surface area contributed by atoms with Gasteiger partial charge in [0, 0.05) is 25.5 Å². The number of carbonyl (C=O) groups is 1. The molecule has 2 rings (SSSR count). The van der Waals surface area contributed by atoms with Crippen LogP contribution in [0.25, 0.3) is 0 Å². The molecule has 0 N–H and O–H groups in total. The fraction of sp³-hybridized carbons (Fsp3) is 0.500. The highest BCUT2D eigenvalue weighted by Crippen LogP contribution is 2.24. The first-order chi connectivity index (χ1) is 7.31. The Morgan fingerprint density at radius 3 is 2.87 bits per heavy atom. The summed E-state index contributed by atoms with van der Waals surface area (Å²) in [5, 5.41) is 0. The van der Waals surface area contributed by atoms with Gasteiger partial charge in [-0.15, -0.1) is 0 Å². The summed E-state index contributed by atoms with van der Waals surface area (Å²) in [5.41, 5.74) is 1.74. The summed E-state index contributed by atoms with van der Waals surface area (Å²) in [5.74, 6) is 0.808. The first kappa shape index (κ1) is 10.1. The zero-order valence-corrected chi connectivity index (χ0v) is 9.02. The first-order valence-electron chi connectivity index (χ1n) is 5.45. The normalized spacial score (nSPS) is 17.8. The van der Waals surface area contributed by atoms with Crippen LogP contribution in [0.15, 0.2) is 18.5 Å². The van der Waals surface area contributed by atoms with Crippen LogP contribution >= 0.6 is 0 Å². The monoisotopic (exact) mass is 204 g/mol. The molecule has 1 aromatic heterocycles. The van der Waals surface area contributed by atoms with Crippen molar-refractivity contribution < 1.29 is 4.79 Å². The lowest BCUT2D eigenvalue weighted by atomic mass is 9.98. The van der Waals surface area contributed by atoms with E-state index in [9.17, 15) is 4.79 Å². The number of carbonyl (C=O) groups excluding carboxylic acids is 1. The molecule has 0 atom stereocenters. The Bertz CT molecular complexity index is 343. The maximum atomic E-state index is 10.9. The molecule has 1 aliphatic heterocycles. The lowest BCUT2D eigenvalue weighted by Gasteiger charge is -2.32. The van der Waals surface area contributed by atoms with Crippen LogP contribution in [-0.4, -0.2) is 24.4 Å². The second-order valence-electron chi connectivity index (χ2n) is 4.22. The van der Waals surface area contributed by atoms with Crippen LogP contribution in [0.5, 0.6) is 0 Å². The van der Waals surface area contributed by atoms with E-state index in [0.717, 1.165) is 31.0 Å². The third-order valence-electron chi connectivity index (χ3n) is 3.08. The number of hydrogen-bond acceptors (Lipinski definition) is 3. The molecule has 2 heterocycles. The number of rotatable bonds is 2. The molecular weight excluding hydrogens is 188 g/mol. The highest BCUT2D eigenvalue weighted by atomic mass is 16.1. The third kappa shape index (κ3) is 2.17. The van der Waals surface area contributed by atoms with Crippen molar-refractivity contribution in [3.63, 3.8) is 0 Å². The van der Waals surface area contributed by atoms with Crippen molar-refractivity contribution in [3.05, 3.63) is 24.0 Å². The molecule has 0 radical (unpaired) electrons. The van der Waals surface area contributed by atoms with E-state index in [4.69, 9.17) is 0 Å². The second kappa shape index (κ2) is 4.43. The van der Waals surface area contributed by atoms with E-state index in [1.165, 1.54) is 12.8 Å². The van der Waals surface area contributed by atoms with Gasteiger partial charge < -0.3 is 4.90 Å². The van der Waals surface area contributed by atoms with Crippen molar-refractivity contribution in [1.29, 1.82) is 0 Å². The zero-order valence-electron chi connectivity index (χ0n) is 9.02. The van der Waals surface area contributed by atoms with Crippen molar-refractivity contribution in [1.82, 2.24) is 4.98 Å². The van der Waals surface area contributed by atoms with Gasteiger partial charge in [-0.25, -0.2) is 0 Å². The predicted octanol–water partition coefficient (Wildman–Crippen LogP) is 2.13. The molecule has 0 aliphatic carbocycles. The minimum atomic E-state index is 0.701. The SMILES string of the molecule is CC1CCN(c2ccncc2C=O)CC1. The van der Waals surface area contributed by atoms with E-state index in [1.54, 1.807) is 12.4 Å². The fourth-order valence-corrected chi connectivity index (χ4v) is 2.03. The van der Waals surface area contributed by atoms with Gasteiger partial charge in [0.15, 0.2) is 6.29 Å². The molecule has 0 saturated carbocycles. The van der Waals surface area contributed by atoms with Crippen LogP contribution in [0.2, 0.25) is 0 Å². The van der Waals surface area contributed by atoms with Crippen molar-refractivity contribution in [2.45, 2.75) is 19.8 Å².